The SMILES string of the molecule is CC(C(=O)O)C(C(=O)c1ccccc1)c1ccccc1. The lowest BCUT2D eigenvalue weighted by Crippen LogP contribution is -2.26. The summed E-state index contributed by atoms with van der Waals surface area (Å²) in [5.41, 5.74) is 1.27. The summed E-state index contributed by atoms with van der Waals surface area (Å²) < 4.78 is 0. The van der Waals surface area contributed by atoms with Gasteiger partial charge in [-0.2, -0.15) is 0 Å². The lowest BCUT2D eigenvalue weighted by molar-refractivity contribution is -0.141. The van der Waals surface area contributed by atoms with Gasteiger partial charge in [-0.15, -0.1) is 0 Å². The molecule has 2 atom stereocenters. The molecular weight excluding hydrogens is 252 g/mol. The topological polar surface area (TPSA) is 54.4 Å². The third kappa shape index (κ3) is 2.94. The van der Waals surface area contributed by atoms with Crippen LogP contribution in [0.1, 0.15) is 28.8 Å². The smallest absolute Gasteiger partial charge is 0.307 e. The zero-order valence-electron chi connectivity index (χ0n) is 11.2. The Bertz CT molecular complexity index is 590. The number of carboxylic acid groups (broad SMARTS) is 1. The van der Waals surface area contributed by atoms with Crippen molar-refractivity contribution in [1.82, 2.24) is 0 Å². The van der Waals surface area contributed by atoms with Crippen LogP contribution in [0.4, 0.5) is 0 Å². The van der Waals surface area contributed by atoms with Crippen LogP contribution in [0.25, 0.3) is 0 Å². The fourth-order valence-electron chi connectivity index (χ4n) is 2.25. The van der Waals surface area contributed by atoms with Gasteiger partial charge in [0.05, 0.1) is 11.8 Å². The van der Waals surface area contributed by atoms with Gasteiger partial charge in [0.2, 0.25) is 0 Å². The molecule has 0 aliphatic rings. The number of hydrogen-bond donors (Lipinski definition) is 1. The number of hydrogen-bond acceptors (Lipinski definition) is 2. The Morgan fingerprint density at radius 2 is 1.40 bits per heavy atom. The third-order valence-corrected chi connectivity index (χ3v) is 3.39. The fraction of sp³-hybridized carbons (Fsp3) is 0.176. The summed E-state index contributed by atoms with van der Waals surface area (Å²) in [7, 11) is 0. The first kappa shape index (κ1) is 14.0. The standard InChI is InChI=1S/C17H16O3/c1-12(17(19)20)15(13-8-4-2-5-9-13)16(18)14-10-6-3-7-11-14/h2-12,15H,1H3,(H,19,20). The van der Waals surface area contributed by atoms with Crippen LogP contribution < -0.4 is 0 Å². The van der Waals surface area contributed by atoms with Gasteiger partial charge in [0.1, 0.15) is 0 Å². The molecule has 0 aliphatic carbocycles. The summed E-state index contributed by atoms with van der Waals surface area (Å²) >= 11 is 0. The Hall–Kier alpha value is -2.42. The van der Waals surface area contributed by atoms with Crippen molar-refractivity contribution >= 4 is 11.8 Å². The van der Waals surface area contributed by atoms with E-state index in [9.17, 15) is 14.7 Å². The van der Waals surface area contributed by atoms with Gasteiger partial charge in [-0.05, 0) is 5.56 Å². The number of benzene rings is 2. The molecule has 0 spiro atoms. The summed E-state index contributed by atoms with van der Waals surface area (Å²) in [6, 6.07) is 17.9. The molecule has 0 aliphatic heterocycles. The van der Waals surface area contributed by atoms with Crippen LogP contribution in [0.3, 0.4) is 0 Å². The van der Waals surface area contributed by atoms with Crippen molar-refractivity contribution in [3.05, 3.63) is 71.8 Å². The molecule has 0 heterocycles. The van der Waals surface area contributed by atoms with Crippen LogP contribution in [-0.4, -0.2) is 16.9 Å². The predicted molar refractivity (Wildman–Crippen MR) is 76.8 cm³/mol. The van der Waals surface area contributed by atoms with Crippen LogP contribution in [0.15, 0.2) is 60.7 Å². The van der Waals surface area contributed by atoms with E-state index < -0.39 is 17.8 Å². The number of carbonyl (C=O) groups is 2. The molecule has 102 valence electrons. The molecule has 0 radical (unpaired) electrons. The van der Waals surface area contributed by atoms with E-state index in [4.69, 9.17) is 0 Å². The summed E-state index contributed by atoms with van der Waals surface area (Å²) in [5, 5.41) is 9.26. The van der Waals surface area contributed by atoms with Gasteiger partial charge in [-0.25, -0.2) is 0 Å². The van der Waals surface area contributed by atoms with E-state index in [-0.39, 0.29) is 5.78 Å². The zero-order valence-corrected chi connectivity index (χ0v) is 11.2. The van der Waals surface area contributed by atoms with Crippen molar-refractivity contribution in [2.75, 3.05) is 0 Å². The maximum absolute atomic E-state index is 12.6. The predicted octanol–water partition coefficient (Wildman–Crippen LogP) is 3.37. The second-order valence-corrected chi connectivity index (χ2v) is 4.75. The van der Waals surface area contributed by atoms with Gasteiger partial charge in [-0.1, -0.05) is 67.6 Å². The van der Waals surface area contributed by atoms with Crippen LogP contribution in [0.2, 0.25) is 0 Å². The number of carboxylic acids is 1. The van der Waals surface area contributed by atoms with E-state index >= 15 is 0 Å². The molecule has 3 heteroatoms. The lowest BCUT2D eigenvalue weighted by atomic mass is 9.81. The summed E-state index contributed by atoms with van der Waals surface area (Å²) in [6.07, 6.45) is 0. The van der Waals surface area contributed by atoms with Crippen molar-refractivity contribution in [2.45, 2.75) is 12.8 Å². The molecule has 3 nitrogen and oxygen atoms in total. The molecule has 0 saturated carbocycles. The van der Waals surface area contributed by atoms with Crippen molar-refractivity contribution in [3.8, 4) is 0 Å². The van der Waals surface area contributed by atoms with Gasteiger partial charge < -0.3 is 5.11 Å². The summed E-state index contributed by atoms with van der Waals surface area (Å²) in [4.78, 5) is 23.9. The molecule has 0 bridgehead atoms. The third-order valence-electron chi connectivity index (χ3n) is 3.39. The van der Waals surface area contributed by atoms with Crippen molar-refractivity contribution < 1.29 is 14.7 Å². The Kier molecular flexibility index (Phi) is 4.31. The highest BCUT2D eigenvalue weighted by Gasteiger charge is 2.31. The van der Waals surface area contributed by atoms with E-state index in [1.807, 2.05) is 24.3 Å². The molecule has 2 rings (SSSR count). The van der Waals surface area contributed by atoms with Crippen LogP contribution >= 0.6 is 0 Å². The number of aliphatic carboxylic acids is 1. The van der Waals surface area contributed by atoms with E-state index in [1.54, 1.807) is 43.3 Å². The minimum absolute atomic E-state index is 0.160. The first-order chi connectivity index (χ1) is 9.61. The maximum atomic E-state index is 12.6. The maximum Gasteiger partial charge on any atom is 0.307 e. The van der Waals surface area contributed by atoms with Crippen molar-refractivity contribution in [1.29, 1.82) is 0 Å². The zero-order chi connectivity index (χ0) is 14.5. The molecule has 1 N–H and O–H groups in total. The first-order valence-corrected chi connectivity index (χ1v) is 6.48. The Labute approximate surface area is 117 Å². The molecule has 0 fully saturated rings. The van der Waals surface area contributed by atoms with Gasteiger partial charge in [0.25, 0.3) is 0 Å². The highest BCUT2D eigenvalue weighted by atomic mass is 16.4. The van der Waals surface area contributed by atoms with Gasteiger partial charge in [0.15, 0.2) is 5.78 Å². The molecule has 2 aromatic carbocycles. The highest BCUT2D eigenvalue weighted by Crippen LogP contribution is 2.28. The van der Waals surface area contributed by atoms with Crippen molar-refractivity contribution in [3.63, 3.8) is 0 Å². The first-order valence-electron chi connectivity index (χ1n) is 6.48. The Morgan fingerprint density at radius 1 is 0.900 bits per heavy atom. The lowest BCUT2D eigenvalue weighted by Gasteiger charge is -2.20. The molecule has 0 aromatic heterocycles. The minimum Gasteiger partial charge on any atom is -0.481 e. The molecular formula is C17H16O3. The Balaban J connectivity index is 2.42. The summed E-state index contributed by atoms with van der Waals surface area (Å²) in [5.74, 6) is -2.57. The largest absolute Gasteiger partial charge is 0.481 e. The number of rotatable bonds is 5. The number of carbonyl (C=O) groups excluding carboxylic acids is 1. The quantitative estimate of drug-likeness (QED) is 0.846. The molecule has 2 unspecified atom stereocenters. The fourth-order valence-corrected chi connectivity index (χ4v) is 2.25. The van der Waals surface area contributed by atoms with E-state index in [1.165, 1.54) is 0 Å². The normalized spacial score (nSPS) is 13.4. The average Bonchev–Trinajstić information content (AvgIpc) is 2.49. The van der Waals surface area contributed by atoms with Crippen LogP contribution in [0, 0.1) is 5.92 Å². The second kappa shape index (κ2) is 6.15. The van der Waals surface area contributed by atoms with Gasteiger partial charge >= 0.3 is 5.97 Å². The molecule has 0 saturated heterocycles. The summed E-state index contributed by atoms with van der Waals surface area (Å²) in [6.45, 7) is 1.57. The van der Waals surface area contributed by atoms with Crippen LogP contribution in [-0.2, 0) is 4.79 Å². The molecule has 2 aromatic rings. The van der Waals surface area contributed by atoms with Gasteiger partial charge in [-0.3, -0.25) is 9.59 Å². The molecule has 20 heavy (non-hydrogen) atoms. The van der Waals surface area contributed by atoms with E-state index in [2.05, 4.69) is 0 Å². The monoisotopic (exact) mass is 268 g/mol. The number of Topliss-reactive ketones (excluding diaryl/α,β-unsaturated/α-hetero) is 1. The van der Waals surface area contributed by atoms with Crippen molar-refractivity contribution in [2.24, 2.45) is 5.92 Å². The highest BCUT2D eigenvalue weighted by molar-refractivity contribution is 6.03. The second-order valence-electron chi connectivity index (χ2n) is 4.75. The molecule has 0 amide bonds. The Morgan fingerprint density at radius 3 is 1.90 bits per heavy atom. The van der Waals surface area contributed by atoms with E-state index in [0.29, 0.717) is 5.56 Å². The van der Waals surface area contributed by atoms with Gasteiger partial charge in [0, 0.05) is 5.56 Å². The minimum atomic E-state index is -0.969. The van der Waals surface area contributed by atoms with E-state index in [0.717, 1.165) is 5.56 Å². The van der Waals surface area contributed by atoms with Crippen LogP contribution in [0.5, 0.6) is 0 Å². The average molecular weight is 268 g/mol. The number of ketones is 1.